The van der Waals surface area contributed by atoms with Crippen molar-refractivity contribution < 1.29 is 14.3 Å². The first kappa shape index (κ1) is 27.6. The number of piperazine rings is 1. The maximum atomic E-state index is 14.0. The van der Waals surface area contributed by atoms with Gasteiger partial charge in [0.05, 0.1) is 23.1 Å². The fourth-order valence-electron chi connectivity index (χ4n) is 5.55. The van der Waals surface area contributed by atoms with Gasteiger partial charge < -0.3 is 19.4 Å². The number of likely N-dealkylation sites (tertiary alicyclic amines) is 1. The van der Waals surface area contributed by atoms with Crippen LogP contribution in [0.2, 0.25) is 0 Å². The monoisotopic (exact) mass is 545 g/mol. The standard InChI is InChI=1S/C30H39N7O3/c1-21-7-8-25(22(2)19-21)37-26(23-9-13-36(14-10-23)29(39)40-30(3,4)5)24(20-33-37)27(38)34-15-17-35(18-16-34)28-31-11-6-12-32-28/h6-8,11-12,19-20,23H,9-10,13-18H2,1-5H3. The molecule has 10 heteroatoms. The summed E-state index contributed by atoms with van der Waals surface area (Å²) in [5, 5.41) is 4.77. The molecular weight excluding hydrogens is 506 g/mol. The van der Waals surface area contributed by atoms with Crippen LogP contribution in [0.5, 0.6) is 0 Å². The molecule has 0 aliphatic carbocycles. The maximum Gasteiger partial charge on any atom is 0.410 e. The number of anilines is 1. The molecule has 0 unspecified atom stereocenters. The molecule has 0 atom stereocenters. The molecule has 5 rings (SSSR count). The van der Waals surface area contributed by atoms with Gasteiger partial charge in [0.1, 0.15) is 5.60 Å². The number of hydrogen-bond donors (Lipinski definition) is 0. The van der Waals surface area contributed by atoms with Crippen LogP contribution in [0.3, 0.4) is 0 Å². The van der Waals surface area contributed by atoms with Gasteiger partial charge in [-0.2, -0.15) is 5.10 Å². The number of piperidine rings is 1. The number of ether oxygens (including phenoxy) is 1. The molecule has 212 valence electrons. The van der Waals surface area contributed by atoms with E-state index in [1.165, 1.54) is 5.56 Å². The highest BCUT2D eigenvalue weighted by Crippen LogP contribution is 2.34. The Balaban J connectivity index is 1.39. The number of aromatic nitrogens is 4. The molecule has 4 heterocycles. The van der Waals surface area contributed by atoms with Crippen LogP contribution in [0, 0.1) is 13.8 Å². The van der Waals surface area contributed by atoms with Crippen LogP contribution < -0.4 is 4.90 Å². The average Bonchev–Trinajstić information content (AvgIpc) is 3.37. The Labute approximate surface area is 236 Å². The van der Waals surface area contributed by atoms with Gasteiger partial charge in [-0.05, 0) is 65.2 Å². The number of aryl methyl sites for hydroxylation is 2. The Hall–Kier alpha value is -3.95. The fraction of sp³-hybridized carbons (Fsp3) is 0.500. The molecule has 0 radical (unpaired) electrons. The number of amides is 2. The lowest BCUT2D eigenvalue weighted by molar-refractivity contribution is 0.0203. The van der Waals surface area contributed by atoms with E-state index >= 15 is 0 Å². The lowest BCUT2D eigenvalue weighted by Gasteiger charge is -2.36. The van der Waals surface area contributed by atoms with E-state index in [0.717, 1.165) is 29.8 Å². The zero-order valence-corrected chi connectivity index (χ0v) is 24.1. The first-order chi connectivity index (χ1) is 19.1. The largest absolute Gasteiger partial charge is 0.444 e. The van der Waals surface area contributed by atoms with Crippen molar-refractivity contribution in [3.8, 4) is 5.69 Å². The van der Waals surface area contributed by atoms with Crippen LogP contribution in [0.25, 0.3) is 5.69 Å². The lowest BCUT2D eigenvalue weighted by Crippen LogP contribution is -2.49. The van der Waals surface area contributed by atoms with E-state index in [1.807, 2.05) is 30.4 Å². The summed E-state index contributed by atoms with van der Waals surface area (Å²) in [6, 6.07) is 8.09. The molecule has 2 aliphatic heterocycles. The van der Waals surface area contributed by atoms with E-state index in [0.29, 0.717) is 50.8 Å². The highest BCUT2D eigenvalue weighted by Gasteiger charge is 2.34. The summed E-state index contributed by atoms with van der Waals surface area (Å²) in [5.41, 5.74) is 4.28. The summed E-state index contributed by atoms with van der Waals surface area (Å²) < 4.78 is 7.55. The Kier molecular flexibility index (Phi) is 7.78. The third kappa shape index (κ3) is 5.95. The fourth-order valence-corrected chi connectivity index (χ4v) is 5.55. The van der Waals surface area contributed by atoms with Crippen molar-refractivity contribution in [2.75, 3.05) is 44.2 Å². The second kappa shape index (κ2) is 11.3. The molecule has 40 heavy (non-hydrogen) atoms. The predicted octanol–water partition coefficient (Wildman–Crippen LogP) is 4.36. The second-order valence-electron chi connectivity index (χ2n) is 11.7. The van der Waals surface area contributed by atoms with E-state index in [1.54, 1.807) is 29.6 Å². The van der Waals surface area contributed by atoms with Gasteiger partial charge >= 0.3 is 6.09 Å². The van der Waals surface area contributed by atoms with E-state index in [9.17, 15) is 9.59 Å². The van der Waals surface area contributed by atoms with E-state index < -0.39 is 5.60 Å². The van der Waals surface area contributed by atoms with Gasteiger partial charge in [0.15, 0.2) is 0 Å². The quantitative estimate of drug-likeness (QED) is 0.481. The van der Waals surface area contributed by atoms with Crippen LogP contribution in [0.15, 0.2) is 42.9 Å². The lowest BCUT2D eigenvalue weighted by atomic mass is 9.90. The molecule has 2 amide bonds. The third-order valence-corrected chi connectivity index (χ3v) is 7.55. The van der Waals surface area contributed by atoms with E-state index in [-0.39, 0.29) is 17.9 Å². The van der Waals surface area contributed by atoms with Crippen molar-refractivity contribution in [3.05, 3.63) is 65.2 Å². The van der Waals surface area contributed by atoms with Crippen LogP contribution in [-0.2, 0) is 4.74 Å². The van der Waals surface area contributed by atoms with Crippen LogP contribution in [-0.4, -0.2) is 86.4 Å². The molecule has 0 N–H and O–H groups in total. The van der Waals surface area contributed by atoms with Crippen molar-refractivity contribution in [2.45, 2.75) is 59.0 Å². The summed E-state index contributed by atoms with van der Waals surface area (Å²) >= 11 is 0. The van der Waals surface area contributed by atoms with Gasteiger partial charge in [0.2, 0.25) is 5.95 Å². The number of hydrogen-bond acceptors (Lipinski definition) is 7. The SMILES string of the molecule is Cc1ccc(-n2ncc(C(=O)N3CCN(c4ncccn4)CC3)c2C2CCN(C(=O)OC(C)(C)C)CC2)c(C)c1. The van der Waals surface area contributed by atoms with Gasteiger partial charge in [-0.1, -0.05) is 17.7 Å². The Morgan fingerprint density at radius 1 is 0.925 bits per heavy atom. The second-order valence-corrected chi connectivity index (χ2v) is 11.7. The molecule has 2 saturated heterocycles. The minimum atomic E-state index is -0.536. The number of benzene rings is 1. The molecule has 0 spiro atoms. The van der Waals surface area contributed by atoms with Crippen molar-refractivity contribution >= 4 is 17.9 Å². The zero-order valence-electron chi connectivity index (χ0n) is 24.1. The Morgan fingerprint density at radius 2 is 1.60 bits per heavy atom. The number of carbonyl (C=O) groups is 2. The van der Waals surface area contributed by atoms with Gasteiger partial charge in [-0.3, -0.25) is 4.79 Å². The van der Waals surface area contributed by atoms with Crippen LogP contribution >= 0.6 is 0 Å². The minimum Gasteiger partial charge on any atom is -0.444 e. The first-order valence-corrected chi connectivity index (χ1v) is 14.1. The number of nitrogens with zero attached hydrogens (tertiary/aromatic N) is 7. The molecule has 2 aromatic heterocycles. The Bertz CT molecular complexity index is 1350. The zero-order chi connectivity index (χ0) is 28.4. The summed E-state index contributed by atoms with van der Waals surface area (Å²) in [6.07, 6.45) is 6.38. The molecule has 3 aromatic rings. The van der Waals surface area contributed by atoms with Crippen LogP contribution in [0.1, 0.15) is 66.7 Å². The van der Waals surface area contributed by atoms with Gasteiger partial charge in [0.25, 0.3) is 5.91 Å². The third-order valence-electron chi connectivity index (χ3n) is 7.55. The summed E-state index contributed by atoms with van der Waals surface area (Å²) in [6.45, 7) is 13.4. The van der Waals surface area contributed by atoms with E-state index in [2.05, 4.69) is 46.9 Å². The average molecular weight is 546 g/mol. The molecule has 0 bridgehead atoms. The molecule has 0 saturated carbocycles. The maximum absolute atomic E-state index is 14.0. The van der Waals surface area contributed by atoms with Crippen LogP contribution in [0.4, 0.5) is 10.7 Å². The van der Waals surface area contributed by atoms with Crippen molar-refractivity contribution in [1.29, 1.82) is 0 Å². The van der Waals surface area contributed by atoms with Gasteiger partial charge in [0, 0.05) is 57.6 Å². The van der Waals surface area contributed by atoms with Crippen molar-refractivity contribution in [1.82, 2.24) is 29.5 Å². The summed E-state index contributed by atoms with van der Waals surface area (Å²) in [5.74, 6) is 0.767. The summed E-state index contributed by atoms with van der Waals surface area (Å²) in [7, 11) is 0. The van der Waals surface area contributed by atoms with Crippen molar-refractivity contribution in [3.63, 3.8) is 0 Å². The number of carbonyl (C=O) groups excluding carboxylic acids is 2. The van der Waals surface area contributed by atoms with E-state index in [4.69, 9.17) is 9.84 Å². The molecule has 1 aromatic carbocycles. The molecule has 2 fully saturated rings. The Morgan fingerprint density at radius 3 is 2.23 bits per heavy atom. The highest BCUT2D eigenvalue weighted by atomic mass is 16.6. The normalized spacial score (nSPS) is 16.8. The first-order valence-electron chi connectivity index (χ1n) is 14.1. The topological polar surface area (TPSA) is 96.7 Å². The molecule has 2 aliphatic rings. The molecular formula is C30H39N7O3. The predicted molar refractivity (Wildman–Crippen MR) is 153 cm³/mol. The summed E-state index contributed by atoms with van der Waals surface area (Å²) in [4.78, 5) is 41.1. The number of rotatable bonds is 4. The van der Waals surface area contributed by atoms with Gasteiger partial charge in [-0.15, -0.1) is 0 Å². The molecule has 10 nitrogen and oxygen atoms in total. The van der Waals surface area contributed by atoms with Crippen molar-refractivity contribution in [2.24, 2.45) is 0 Å². The highest BCUT2D eigenvalue weighted by molar-refractivity contribution is 5.95. The minimum absolute atomic E-state index is 0.00535. The van der Waals surface area contributed by atoms with Gasteiger partial charge in [-0.25, -0.2) is 19.4 Å². The smallest absolute Gasteiger partial charge is 0.410 e.